The van der Waals surface area contributed by atoms with Gasteiger partial charge in [0.1, 0.15) is 0 Å². The Hall–Kier alpha value is -0.520. The molecule has 0 saturated heterocycles. The predicted octanol–water partition coefficient (Wildman–Crippen LogP) is 3.70. The van der Waals surface area contributed by atoms with Crippen LogP contribution in [0.5, 0.6) is 0 Å². The summed E-state index contributed by atoms with van der Waals surface area (Å²) in [5.41, 5.74) is 3.21. The fourth-order valence-corrected chi connectivity index (χ4v) is 2.55. The smallest absolute Gasteiger partial charge is 0.0136 e. The molecule has 2 aliphatic carbocycles. The van der Waals surface area contributed by atoms with Gasteiger partial charge in [-0.25, -0.2) is 0 Å². The summed E-state index contributed by atoms with van der Waals surface area (Å²) in [5.74, 6) is 1.82. The highest BCUT2D eigenvalue weighted by Gasteiger charge is 2.25. The monoisotopic (exact) mass is 162 g/mol. The van der Waals surface area contributed by atoms with Crippen molar-refractivity contribution >= 4 is 0 Å². The first-order valence-corrected chi connectivity index (χ1v) is 5.14. The normalized spacial score (nSPS) is 35.2. The second-order valence-corrected chi connectivity index (χ2v) is 4.39. The fraction of sp³-hybridized carbons (Fsp3) is 0.667. The van der Waals surface area contributed by atoms with E-state index in [0.717, 1.165) is 11.8 Å². The minimum atomic E-state index is 0.891. The van der Waals surface area contributed by atoms with Gasteiger partial charge in [-0.2, -0.15) is 0 Å². The lowest BCUT2D eigenvalue weighted by atomic mass is 9.73. The third kappa shape index (κ3) is 1.35. The van der Waals surface area contributed by atoms with Gasteiger partial charge in [0, 0.05) is 0 Å². The van der Waals surface area contributed by atoms with Crippen LogP contribution in [0.3, 0.4) is 0 Å². The van der Waals surface area contributed by atoms with E-state index in [1.54, 1.807) is 11.1 Å². The molecule has 0 heteroatoms. The van der Waals surface area contributed by atoms with Crippen LogP contribution in [0.2, 0.25) is 0 Å². The van der Waals surface area contributed by atoms with Gasteiger partial charge in [-0.05, 0) is 50.0 Å². The Kier molecular flexibility index (Phi) is 2.08. The molecule has 2 unspecified atom stereocenters. The summed E-state index contributed by atoms with van der Waals surface area (Å²) in [6.07, 6.45) is 10.3. The zero-order valence-corrected chi connectivity index (χ0v) is 8.14. The molecule has 0 fully saturated rings. The number of allylic oxidation sites excluding steroid dienone is 4. The van der Waals surface area contributed by atoms with Crippen LogP contribution >= 0.6 is 0 Å². The van der Waals surface area contributed by atoms with E-state index in [-0.39, 0.29) is 0 Å². The first-order chi connectivity index (χ1) is 5.77. The third-order valence-electron chi connectivity index (χ3n) is 3.38. The highest BCUT2D eigenvalue weighted by atomic mass is 14.3. The summed E-state index contributed by atoms with van der Waals surface area (Å²) in [6.45, 7) is 4.67. The molecule has 0 N–H and O–H groups in total. The van der Waals surface area contributed by atoms with E-state index in [1.165, 1.54) is 25.7 Å². The first kappa shape index (κ1) is 8.10. The number of rotatable bonds is 0. The van der Waals surface area contributed by atoms with E-state index in [0.29, 0.717) is 0 Å². The van der Waals surface area contributed by atoms with Crippen LogP contribution < -0.4 is 0 Å². The second kappa shape index (κ2) is 3.08. The van der Waals surface area contributed by atoms with Crippen LogP contribution in [0.25, 0.3) is 0 Å². The summed E-state index contributed by atoms with van der Waals surface area (Å²) in [7, 11) is 0. The SMILES string of the molecule is CC1=CC2=CCCC(C)C2CC1. The number of hydrogen-bond acceptors (Lipinski definition) is 0. The van der Waals surface area contributed by atoms with Crippen molar-refractivity contribution in [1.29, 1.82) is 0 Å². The van der Waals surface area contributed by atoms with Gasteiger partial charge in [-0.1, -0.05) is 24.6 Å². The maximum absolute atomic E-state index is 2.45. The van der Waals surface area contributed by atoms with Crippen molar-refractivity contribution < 1.29 is 0 Å². The molecule has 12 heavy (non-hydrogen) atoms. The molecule has 0 aromatic rings. The van der Waals surface area contributed by atoms with Crippen LogP contribution in [0.1, 0.15) is 39.5 Å². The Morgan fingerprint density at radius 3 is 3.00 bits per heavy atom. The molecule has 2 aliphatic rings. The van der Waals surface area contributed by atoms with Crippen molar-refractivity contribution in [3.63, 3.8) is 0 Å². The van der Waals surface area contributed by atoms with Crippen LogP contribution in [0.15, 0.2) is 23.3 Å². The molecule has 0 spiro atoms. The van der Waals surface area contributed by atoms with Crippen LogP contribution in [-0.2, 0) is 0 Å². The quantitative estimate of drug-likeness (QED) is 0.509. The lowest BCUT2D eigenvalue weighted by Crippen LogP contribution is -2.19. The van der Waals surface area contributed by atoms with E-state index in [1.807, 2.05) is 0 Å². The molecule has 2 atom stereocenters. The van der Waals surface area contributed by atoms with Crippen molar-refractivity contribution in [2.75, 3.05) is 0 Å². The van der Waals surface area contributed by atoms with Crippen molar-refractivity contribution in [2.45, 2.75) is 39.5 Å². The minimum absolute atomic E-state index is 0.891. The van der Waals surface area contributed by atoms with E-state index >= 15 is 0 Å². The Morgan fingerprint density at radius 1 is 1.33 bits per heavy atom. The fourth-order valence-electron chi connectivity index (χ4n) is 2.55. The van der Waals surface area contributed by atoms with Gasteiger partial charge in [0.25, 0.3) is 0 Å². The van der Waals surface area contributed by atoms with Crippen molar-refractivity contribution in [3.05, 3.63) is 23.3 Å². The maximum atomic E-state index is 2.45. The lowest BCUT2D eigenvalue weighted by molar-refractivity contribution is 0.346. The first-order valence-electron chi connectivity index (χ1n) is 5.14. The highest BCUT2D eigenvalue weighted by molar-refractivity contribution is 5.30. The predicted molar refractivity (Wildman–Crippen MR) is 53.0 cm³/mol. The molecular weight excluding hydrogens is 144 g/mol. The van der Waals surface area contributed by atoms with Gasteiger partial charge in [0.05, 0.1) is 0 Å². The average molecular weight is 162 g/mol. The van der Waals surface area contributed by atoms with Gasteiger partial charge in [0.15, 0.2) is 0 Å². The molecule has 0 amide bonds. The Morgan fingerprint density at radius 2 is 2.17 bits per heavy atom. The van der Waals surface area contributed by atoms with Gasteiger partial charge in [-0.15, -0.1) is 0 Å². The molecular formula is C12H18. The van der Waals surface area contributed by atoms with Crippen LogP contribution in [0.4, 0.5) is 0 Å². The summed E-state index contributed by atoms with van der Waals surface area (Å²) < 4.78 is 0. The topological polar surface area (TPSA) is 0 Å². The summed E-state index contributed by atoms with van der Waals surface area (Å²) >= 11 is 0. The van der Waals surface area contributed by atoms with E-state index in [2.05, 4.69) is 26.0 Å². The molecule has 0 aromatic heterocycles. The summed E-state index contributed by atoms with van der Waals surface area (Å²) in [6, 6.07) is 0. The molecule has 0 heterocycles. The van der Waals surface area contributed by atoms with Crippen LogP contribution in [0, 0.1) is 11.8 Å². The molecule has 2 rings (SSSR count). The lowest BCUT2D eigenvalue weighted by Gasteiger charge is -2.32. The molecule has 66 valence electrons. The Balaban J connectivity index is 2.25. The highest BCUT2D eigenvalue weighted by Crippen LogP contribution is 2.38. The molecule has 0 saturated carbocycles. The van der Waals surface area contributed by atoms with Crippen molar-refractivity contribution in [1.82, 2.24) is 0 Å². The van der Waals surface area contributed by atoms with E-state index in [9.17, 15) is 0 Å². The Bertz CT molecular complexity index is 232. The maximum Gasteiger partial charge on any atom is -0.0136 e. The molecule has 0 radical (unpaired) electrons. The molecule has 0 aliphatic heterocycles. The summed E-state index contributed by atoms with van der Waals surface area (Å²) in [5, 5.41) is 0. The Labute approximate surface area is 75.4 Å². The van der Waals surface area contributed by atoms with E-state index in [4.69, 9.17) is 0 Å². The largest absolute Gasteiger partial charge is 0.0810 e. The zero-order valence-electron chi connectivity index (χ0n) is 8.14. The molecule has 0 aromatic carbocycles. The number of fused-ring (bicyclic) bond motifs is 1. The number of hydrogen-bond donors (Lipinski definition) is 0. The second-order valence-electron chi connectivity index (χ2n) is 4.39. The minimum Gasteiger partial charge on any atom is -0.0810 e. The van der Waals surface area contributed by atoms with Crippen molar-refractivity contribution in [3.8, 4) is 0 Å². The van der Waals surface area contributed by atoms with Gasteiger partial charge in [-0.3, -0.25) is 0 Å². The van der Waals surface area contributed by atoms with Gasteiger partial charge in [0.2, 0.25) is 0 Å². The van der Waals surface area contributed by atoms with E-state index < -0.39 is 0 Å². The van der Waals surface area contributed by atoms with Gasteiger partial charge < -0.3 is 0 Å². The van der Waals surface area contributed by atoms with Crippen molar-refractivity contribution in [2.24, 2.45) is 11.8 Å². The standard InChI is InChI=1S/C12H18/c1-9-6-7-12-10(2)4-3-5-11(12)8-9/h5,8,10,12H,3-4,6-7H2,1-2H3. The average Bonchev–Trinajstić information content (AvgIpc) is 2.04. The molecule has 0 bridgehead atoms. The van der Waals surface area contributed by atoms with Crippen LogP contribution in [-0.4, -0.2) is 0 Å². The summed E-state index contributed by atoms with van der Waals surface area (Å²) in [4.78, 5) is 0. The zero-order chi connectivity index (χ0) is 8.55. The van der Waals surface area contributed by atoms with Gasteiger partial charge >= 0.3 is 0 Å². The third-order valence-corrected chi connectivity index (χ3v) is 3.38. The molecule has 0 nitrogen and oxygen atoms in total.